The Kier molecular flexibility index (Phi) is 7.25. The van der Waals surface area contributed by atoms with Crippen LogP contribution in [0.1, 0.15) is 24.3 Å². The Morgan fingerprint density at radius 1 is 1.03 bits per heavy atom. The molecular formula is C23H25N3O4S. The van der Waals surface area contributed by atoms with E-state index >= 15 is 0 Å². The number of nitrogens with one attached hydrogen (secondary N) is 1. The molecule has 31 heavy (non-hydrogen) atoms. The minimum Gasteiger partial charge on any atom is -0.491 e. The number of amides is 2. The number of benzene rings is 2. The highest BCUT2D eigenvalue weighted by atomic mass is 32.1. The molecule has 1 N–H and O–H groups in total. The van der Waals surface area contributed by atoms with E-state index < -0.39 is 0 Å². The number of rotatable bonds is 8. The van der Waals surface area contributed by atoms with E-state index in [1.807, 2.05) is 38.1 Å². The molecule has 0 fully saturated rings. The average molecular weight is 440 g/mol. The first-order valence-corrected chi connectivity index (χ1v) is 10.7. The third-order valence-corrected chi connectivity index (χ3v) is 5.07. The van der Waals surface area contributed by atoms with E-state index in [0.29, 0.717) is 17.1 Å². The summed E-state index contributed by atoms with van der Waals surface area (Å²) >= 11 is 1.41. The van der Waals surface area contributed by atoms with Crippen molar-refractivity contribution in [3.63, 3.8) is 0 Å². The zero-order valence-corrected chi connectivity index (χ0v) is 18.7. The van der Waals surface area contributed by atoms with Crippen LogP contribution < -0.4 is 14.8 Å². The molecule has 2 amide bonds. The first-order valence-electron chi connectivity index (χ1n) is 9.79. The summed E-state index contributed by atoms with van der Waals surface area (Å²) < 4.78 is 11.1. The summed E-state index contributed by atoms with van der Waals surface area (Å²) in [5, 5.41) is 5.31. The van der Waals surface area contributed by atoms with Crippen molar-refractivity contribution >= 4 is 28.8 Å². The normalized spacial score (nSPS) is 10.6. The molecule has 0 aliphatic carbocycles. The van der Waals surface area contributed by atoms with E-state index in [1.54, 1.807) is 43.7 Å². The van der Waals surface area contributed by atoms with Gasteiger partial charge in [0.2, 0.25) is 0 Å². The number of thiazole rings is 1. The molecule has 0 aliphatic heterocycles. The summed E-state index contributed by atoms with van der Waals surface area (Å²) in [7, 11) is 3.34. The SMILES string of the molecule is CC(C)Oc1ccc(-c2nc(C(=O)Nc3ccc(OCC(=O)N(C)C)cc3)cs2)cc1. The van der Waals surface area contributed by atoms with Gasteiger partial charge in [-0.1, -0.05) is 0 Å². The number of ether oxygens (including phenoxy) is 2. The van der Waals surface area contributed by atoms with Crippen LogP contribution in [0.3, 0.4) is 0 Å². The molecule has 0 radical (unpaired) electrons. The van der Waals surface area contributed by atoms with Gasteiger partial charge < -0.3 is 19.7 Å². The highest BCUT2D eigenvalue weighted by Gasteiger charge is 2.13. The lowest BCUT2D eigenvalue weighted by molar-refractivity contribution is -0.130. The molecule has 162 valence electrons. The molecule has 7 nitrogen and oxygen atoms in total. The molecule has 0 atom stereocenters. The van der Waals surface area contributed by atoms with Crippen molar-refractivity contribution < 1.29 is 19.1 Å². The summed E-state index contributed by atoms with van der Waals surface area (Å²) in [5.74, 6) is 0.929. The van der Waals surface area contributed by atoms with Gasteiger partial charge in [0.1, 0.15) is 22.2 Å². The Morgan fingerprint density at radius 3 is 2.29 bits per heavy atom. The van der Waals surface area contributed by atoms with E-state index in [0.717, 1.165) is 16.3 Å². The Hall–Kier alpha value is -3.39. The fourth-order valence-electron chi connectivity index (χ4n) is 2.56. The van der Waals surface area contributed by atoms with Crippen molar-refractivity contribution in [1.82, 2.24) is 9.88 Å². The number of hydrogen-bond donors (Lipinski definition) is 1. The molecule has 1 heterocycles. The lowest BCUT2D eigenvalue weighted by Gasteiger charge is -2.11. The molecule has 3 rings (SSSR count). The minimum atomic E-state index is -0.293. The minimum absolute atomic E-state index is 0.0368. The summed E-state index contributed by atoms with van der Waals surface area (Å²) in [5.41, 5.74) is 1.88. The Bertz CT molecular complexity index is 1030. The molecule has 0 spiro atoms. The maximum absolute atomic E-state index is 12.5. The van der Waals surface area contributed by atoms with Crippen LogP contribution in [0.4, 0.5) is 5.69 Å². The van der Waals surface area contributed by atoms with E-state index in [1.165, 1.54) is 16.2 Å². The van der Waals surface area contributed by atoms with Crippen LogP contribution in [0.5, 0.6) is 11.5 Å². The number of anilines is 1. The van der Waals surface area contributed by atoms with Gasteiger partial charge in [-0.2, -0.15) is 0 Å². The van der Waals surface area contributed by atoms with Gasteiger partial charge in [-0.15, -0.1) is 11.3 Å². The molecule has 1 aromatic heterocycles. The second-order valence-corrected chi connectivity index (χ2v) is 8.14. The van der Waals surface area contributed by atoms with Gasteiger partial charge in [0, 0.05) is 30.7 Å². The number of carbonyl (C=O) groups is 2. The lowest BCUT2D eigenvalue weighted by atomic mass is 10.2. The van der Waals surface area contributed by atoms with Gasteiger partial charge in [-0.25, -0.2) is 4.98 Å². The van der Waals surface area contributed by atoms with Gasteiger partial charge >= 0.3 is 0 Å². The zero-order valence-electron chi connectivity index (χ0n) is 17.9. The van der Waals surface area contributed by atoms with Crippen LogP contribution in [-0.4, -0.2) is 48.5 Å². The molecule has 0 unspecified atom stereocenters. The van der Waals surface area contributed by atoms with E-state index in [2.05, 4.69) is 10.3 Å². The summed E-state index contributed by atoms with van der Waals surface area (Å²) in [4.78, 5) is 30.0. The molecule has 2 aromatic carbocycles. The predicted molar refractivity (Wildman–Crippen MR) is 122 cm³/mol. The topological polar surface area (TPSA) is 80.8 Å². The third kappa shape index (κ3) is 6.29. The Morgan fingerprint density at radius 2 is 1.68 bits per heavy atom. The number of hydrogen-bond acceptors (Lipinski definition) is 6. The average Bonchev–Trinajstić information content (AvgIpc) is 3.23. The predicted octanol–water partition coefficient (Wildman–Crippen LogP) is 4.32. The zero-order chi connectivity index (χ0) is 22.4. The number of likely N-dealkylation sites (N-methyl/N-ethyl adjacent to an activating group) is 1. The fraction of sp³-hybridized carbons (Fsp3) is 0.261. The van der Waals surface area contributed by atoms with Crippen molar-refractivity contribution in [2.45, 2.75) is 20.0 Å². The van der Waals surface area contributed by atoms with Gasteiger partial charge in [0.25, 0.3) is 11.8 Å². The summed E-state index contributed by atoms with van der Waals surface area (Å²) in [6.07, 6.45) is 0.113. The van der Waals surface area contributed by atoms with Gasteiger partial charge in [-0.3, -0.25) is 9.59 Å². The standard InChI is InChI=1S/C23H25N3O4S/c1-15(2)30-19-9-5-16(6-10-19)23-25-20(14-31-23)22(28)24-17-7-11-18(12-8-17)29-13-21(27)26(3)4/h5-12,14-15H,13H2,1-4H3,(H,24,28). The van der Waals surface area contributed by atoms with Gasteiger partial charge in [0.15, 0.2) is 6.61 Å². The first-order chi connectivity index (χ1) is 14.8. The molecule has 0 saturated carbocycles. The number of nitrogens with zero attached hydrogens (tertiary/aromatic N) is 2. The van der Waals surface area contributed by atoms with Crippen LogP contribution in [0, 0.1) is 0 Å². The largest absolute Gasteiger partial charge is 0.491 e. The lowest BCUT2D eigenvalue weighted by Crippen LogP contribution is -2.27. The first kappa shape index (κ1) is 22.3. The van der Waals surface area contributed by atoms with Gasteiger partial charge in [0.05, 0.1) is 6.10 Å². The van der Waals surface area contributed by atoms with Crippen molar-refractivity contribution in [3.05, 3.63) is 59.6 Å². The van der Waals surface area contributed by atoms with Crippen molar-refractivity contribution in [1.29, 1.82) is 0 Å². The third-order valence-electron chi connectivity index (χ3n) is 4.18. The molecule has 8 heteroatoms. The van der Waals surface area contributed by atoms with Crippen molar-refractivity contribution in [2.24, 2.45) is 0 Å². The highest BCUT2D eigenvalue weighted by molar-refractivity contribution is 7.13. The second kappa shape index (κ2) is 10.1. The van der Waals surface area contributed by atoms with E-state index in [9.17, 15) is 9.59 Å². The summed E-state index contributed by atoms with van der Waals surface area (Å²) in [6, 6.07) is 14.5. The van der Waals surface area contributed by atoms with Crippen LogP contribution in [0.15, 0.2) is 53.9 Å². The van der Waals surface area contributed by atoms with Crippen LogP contribution in [0.2, 0.25) is 0 Å². The number of carbonyl (C=O) groups excluding carboxylic acids is 2. The van der Waals surface area contributed by atoms with Crippen LogP contribution in [-0.2, 0) is 4.79 Å². The molecule has 0 bridgehead atoms. The molecular weight excluding hydrogens is 414 g/mol. The maximum Gasteiger partial charge on any atom is 0.275 e. The van der Waals surface area contributed by atoms with Crippen LogP contribution in [0.25, 0.3) is 10.6 Å². The Balaban J connectivity index is 1.59. The van der Waals surface area contributed by atoms with Crippen molar-refractivity contribution in [3.8, 4) is 22.1 Å². The molecule has 0 aliphatic rings. The quantitative estimate of drug-likeness (QED) is 0.565. The summed E-state index contributed by atoms with van der Waals surface area (Å²) in [6.45, 7) is 3.92. The maximum atomic E-state index is 12.5. The van der Waals surface area contributed by atoms with E-state index in [-0.39, 0.29) is 24.5 Å². The van der Waals surface area contributed by atoms with Crippen molar-refractivity contribution in [2.75, 3.05) is 26.0 Å². The molecule has 3 aromatic rings. The number of aromatic nitrogens is 1. The van der Waals surface area contributed by atoms with Crippen LogP contribution >= 0.6 is 11.3 Å². The monoisotopic (exact) mass is 439 g/mol. The smallest absolute Gasteiger partial charge is 0.275 e. The highest BCUT2D eigenvalue weighted by Crippen LogP contribution is 2.26. The van der Waals surface area contributed by atoms with E-state index in [4.69, 9.17) is 9.47 Å². The molecule has 0 saturated heterocycles. The van der Waals surface area contributed by atoms with Gasteiger partial charge in [-0.05, 0) is 62.4 Å². The fourth-order valence-corrected chi connectivity index (χ4v) is 3.37. The Labute approximate surface area is 185 Å². The second-order valence-electron chi connectivity index (χ2n) is 7.28.